The number of carbonyl (C=O) groups excluding carboxylic acids is 3. The Morgan fingerprint density at radius 1 is 1.14 bits per heavy atom. The van der Waals surface area contributed by atoms with Crippen LogP contribution in [0.1, 0.15) is 53.5 Å². The predicted octanol–water partition coefficient (Wildman–Crippen LogP) is 4.32. The molecular weight excluding hydrogens is 466 g/mol. The van der Waals surface area contributed by atoms with Crippen LogP contribution in [0.2, 0.25) is 18.1 Å². The highest BCUT2D eigenvalue weighted by atomic mass is 28.4. The lowest BCUT2D eigenvalue weighted by atomic mass is 9.80. The number of rotatable bonds is 9. The Kier molecular flexibility index (Phi) is 8.82. The first-order valence-corrected chi connectivity index (χ1v) is 14.9. The highest BCUT2D eigenvalue weighted by Crippen LogP contribution is 2.46. The van der Waals surface area contributed by atoms with Gasteiger partial charge in [0.15, 0.2) is 8.32 Å². The van der Waals surface area contributed by atoms with E-state index in [1.807, 2.05) is 26.0 Å². The maximum atomic E-state index is 13.8. The summed E-state index contributed by atoms with van der Waals surface area (Å²) in [6, 6.07) is 7.27. The van der Waals surface area contributed by atoms with E-state index in [1.54, 1.807) is 19.2 Å². The number of esters is 2. The van der Waals surface area contributed by atoms with Crippen molar-refractivity contribution < 1.29 is 33.0 Å². The van der Waals surface area contributed by atoms with Crippen LogP contribution in [0.15, 0.2) is 24.3 Å². The van der Waals surface area contributed by atoms with Crippen LogP contribution in [-0.4, -0.2) is 63.0 Å². The fourth-order valence-corrected chi connectivity index (χ4v) is 5.70. The molecule has 0 aromatic heterocycles. The number of hydrogen-bond donors (Lipinski definition) is 0. The van der Waals surface area contributed by atoms with Crippen LogP contribution >= 0.6 is 0 Å². The lowest BCUT2D eigenvalue weighted by Gasteiger charge is -2.48. The molecule has 0 spiro atoms. The highest BCUT2D eigenvalue weighted by molar-refractivity contribution is 6.74. The minimum Gasteiger partial charge on any atom is -0.497 e. The Bertz CT molecular complexity index is 923. The number of ether oxygens (including phenoxy) is 3. The van der Waals surface area contributed by atoms with Crippen LogP contribution in [0.5, 0.6) is 5.75 Å². The van der Waals surface area contributed by atoms with E-state index in [0.717, 1.165) is 5.56 Å². The number of likely N-dealkylation sites (tertiary alicyclic amines) is 1. The molecule has 1 aliphatic heterocycles. The van der Waals surface area contributed by atoms with E-state index in [1.165, 1.54) is 18.9 Å². The largest absolute Gasteiger partial charge is 0.497 e. The van der Waals surface area contributed by atoms with E-state index in [-0.39, 0.29) is 29.8 Å². The first-order chi connectivity index (χ1) is 16.1. The van der Waals surface area contributed by atoms with Crippen LogP contribution in [0.4, 0.5) is 0 Å². The van der Waals surface area contributed by atoms with E-state index in [0.29, 0.717) is 5.75 Å². The van der Waals surface area contributed by atoms with Gasteiger partial charge in [0.1, 0.15) is 11.9 Å². The molecule has 0 bridgehead atoms. The molecule has 0 saturated carbocycles. The third kappa shape index (κ3) is 5.72. The summed E-state index contributed by atoms with van der Waals surface area (Å²) in [5.41, 5.74) is -0.841. The zero-order valence-electron chi connectivity index (χ0n) is 22.8. The van der Waals surface area contributed by atoms with Gasteiger partial charge in [-0.3, -0.25) is 9.59 Å². The molecule has 1 heterocycles. The van der Waals surface area contributed by atoms with Gasteiger partial charge in [-0.2, -0.15) is 0 Å². The van der Waals surface area contributed by atoms with Gasteiger partial charge in [-0.25, -0.2) is 4.79 Å². The van der Waals surface area contributed by atoms with Crippen molar-refractivity contribution >= 4 is 26.2 Å². The van der Waals surface area contributed by atoms with Gasteiger partial charge in [0, 0.05) is 13.5 Å². The molecule has 1 aromatic rings. The summed E-state index contributed by atoms with van der Waals surface area (Å²) in [6.07, 6.45) is -1.82. The summed E-state index contributed by atoms with van der Waals surface area (Å²) in [4.78, 5) is 41.1. The molecule has 1 saturated heterocycles. The summed E-state index contributed by atoms with van der Waals surface area (Å²) in [6.45, 7) is 15.6. The average molecular weight is 508 g/mol. The molecule has 196 valence electrons. The second kappa shape index (κ2) is 10.7. The van der Waals surface area contributed by atoms with Crippen molar-refractivity contribution in [1.82, 2.24) is 4.90 Å². The van der Waals surface area contributed by atoms with Gasteiger partial charge in [-0.15, -0.1) is 0 Å². The quantitative estimate of drug-likeness (QED) is 0.363. The van der Waals surface area contributed by atoms with Crippen molar-refractivity contribution in [3.05, 3.63) is 29.8 Å². The first kappa shape index (κ1) is 28.8. The average Bonchev–Trinajstić information content (AvgIpc) is 3.01. The summed E-state index contributed by atoms with van der Waals surface area (Å²) in [5, 5.41) is -0.171. The lowest BCUT2D eigenvalue weighted by molar-refractivity contribution is -0.186. The Labute approximate surface area is 210 Å². The third-order valence-electron chi connectivity index (χ3n) is 7.19. The predicted molar refractivity (Wildman–Crippen MR) is 135 cm³/mol. The summed E-state index contributed by atoms with van der Waals surface area (Å²) in [7, 11) is 0.419. The number of carbonyl (C=O) groups is 3. The Balaban J connectivity index is 2.73. The molecule has 1 amide bonds. The normalized spacial score (nSPS) is 21.7. The standard InChI is InChI=1S/C26H41NO7Si/c1-17(2)23(33-18(3)28)26(24(30)32-8)21(34-35(9,10)25(4,5)6)15-22(29)27(26)16-19-11-13-20(31-7)14-12-19/h11-14,17,21,23H,15-16H2,1-10H3/t21-,23-,26-/m0/s1. The van der Waals surface area contributed by atoms with Crippen LogP contribution in [0.25, 0.3) is 0 Å². The monoisotopic (exact) mass is 507 g/mol. The Hall–Kier alpha value is -2.39. The minimum absolute atomic E-state index is 0.0117. The van der Waals surface area contributed by atoms with Crippen molar-refractivity contribution in [2.75, 3.05) is 14.2 Å². The molecule has 35 heavy (non-hydrogen) atoms. The zero-order chi connectivity index (χ0) is 26.8. The van der Waals surface area contributed by atoms with Gasteiger partial charge in [0.25, 0.3) is 0 Å². The molecule has 1 aliphatic rings. The number of methoxy groups -OCH3 is 2. The first-order valence-electron chi connectivity index (χ1n) is 12.0. The van der Waals surface area contributed by atoms with Crippen LogP contribution < -0.4 is 4.74 Å². The van der Waals surface area contributed by atoms with Crippen LogP contribution in [0, 0.1) is 5.92 Å². The van der Waals surface area contributed by atoms with Gasteiger partial charge in [-0.05, 0) is 41.7 Å². The molecule has 0 radical (unpaired) electrons. The molecule has 1 aromatic carbocycles. The fraction of sp³-hybridized carbons (Fsp3) is 0.654. The number of amides is 1. The number of benzene rings is 1. The molecule has 0 N–H and O–H groups in total. The minimum atomic E-state index is -2.45. The molecule has 2 rings (SSSR count). The molecule has 0 unspecified atom stereocenters. The fourth-order valence-electron chi connectivity index (χ4n) is 4.37. The maximum absolute atomic E-state index is 13.8. The van der Waals surface area contributed by atoms with Crippen molar-refractivity contribution in [3.63, 3.8) is 0 Å². The number of nitrogens with zero attached hydrogens (tertiary/aromatic N) is 1. The Morgan fingerprint density at radius 2 is 1.71 bits per heavy atom. The second-order valence-electron chi connectivity index (χ2n) is 11.0. The lowest BCUT2D eigenvalue weighted by Crippen LogP contribution is -2.68. The zero-order valence-corrected chi connectivity index (χ0v) is 23.8. The molecule has 8 nitrogen and oxygen atoms in total. The summed E-state index contributed by atoms with van der Waals surface area (Å²) in [5.74, 6) is -1.07. The molecular formula is C26H41NO7Si. The SMILES string of the molecule is COC(=O)[C@@]1([C@@H](OC(C)=O)C(C)C)[C@@H](O[Si](C)(C)C(C)(C)C)CC(=O)N1Cc1ccc(OC)cc1. The highest BCUT2D eigenvalue weighted by Gasteiger charge is 2.67. The van der Waals surface area contributed by atoms with E-state index < -0.39 is 38.0 Å². The van der Waals surface area contributed by atoms with Crippen molar-refractivity contribution in [1.29, 1.82) is 0 Å². The maximum Gasteiger partial charge on any atom is 0.338 e. The van der Waals surface area contributed by atoms with Gasteiger partial charge in [0.2, 0.25) is 11.4 Å². The topological polar surface area (TPSA) is 91.4 Å². The van der Waals surface area contributed by atoms with E-state index in [2.05, 4.69) is 33.9 Å². The number of hydrogen-bond acceptors (Lipinski definition) is 7. The smallest absolute Gasteiger partial charge is 0.338 e. The van der Waals surface area contributed by atoms with E-state index in [4.69, 9.17) is 18.6 Å². The van der Waals surface area contributed by atoms with E-state index in [9.17, 15) is 14.4 Å². The molecule has 1 fully saturated rings. The molecule has 3 atom stereocenters. The van der Waals surface area contributed by atoms with Crippen molar-refractivity contribution in [2.45, 2.75) is 90.4 Å². The van der Waals surface area contributed by atoms with E-state index >= 15 is 0 Å². The van der Waals surface area contributed by atoms with Crippen molar-refractivity contribution in [3.8, 4) is 5.75 Å². The van der Waals surface area contributed by atoms with Gasteiger partial charge < -0.3 is 23.5 Å². The third-order valence-corrected chi connectivity index (χ3v) is 11.7. The summed E-state index contributed by atoms with van der Waals surface area (Å²) < 4.78 is 23.1. The van der Waals surface area contributed by atoms with Gasteiger partial charge in [0.05, 0.1) is 26.7 Å². The summed E-state index contributed by atoms with van der Waals surface area (Å²) >= 11 is 0. The van der Waals surface area contributed by atoms with Crippen LogP contribution in [0.3, 0.4) is 0 Å². The second-order valence-corrected chi connectivity index (χ2v) is 15.7. The van der Waals surface area contributed by atoms with Gasteiger partial charge in [-0.1, -0.05) is 46.8 Å². The molecule has 9 heteroatoms. The van der Waals surface area contributed by atoms with Gasteiger partial charge >= 0.3 is 11.9 Å². The molecule has 0 aliphatic carbocycles. The van der Waals surface area contributed by atoms with Crippen LogP contribution in [-0.2, 0) is 34.8 Å². The Morgan fingerprint density at radius 3 is 2.14 bits per heavy atom. The van der Waals surface area contributed by atoms with Crippen molar-refractivity contribution in [2.24, 2.45) is 5.92 Å².